The molecular formula is C26H47NO3. The summed E-state index contributed by atoms with van der Waals surface area (Å²) in [5.74, 6) is -0.413. The highest BCUT2D eigenvalue weighted by molar-refractivity contribution is 5.88. The first kappa shape index (κ1) is 26.7. The van der Waals surface area contributed by atoms with Crippen molar-refractivity contribution in [3.63, 3.8) is 0 Å². The Balaban J connectivity index is 1.73. The minimum Gasteiger partial charge on any atom is -0.433 e. The van der Waals surface area contributed by atoms with Crippen molar-refractivity contribution in [3.05, 3.63) is 12.3 Å². The van der Waals surface area contributed by atoms with Crippen LogP contribution in [0.5, 0.6) is 0 Å². The number of carbonyl (C=O) groups is 2. The van der Waals surface area contributed by atoms with Crippen LogP contribution in [-0.2, 0) is 14.3 Å². The molecule has 30 heavy (non-hydrogen) atoms. The molecule has 1 aliphatic heterocycles. The molecule has 0 aromatic heterocycles. The van der Waals surface area contributed by atoms with Gasteiger partial charge in [-0.1, -0.05) is 110 Å². The molecule has 4 heteroatoms. The van der Waals surface area contributed by atoms with Crippen LogP contribution in [0.4, 0.5) is 0 Å². The third-order valence-electron chi connectivity index (χ3n) is 6.03. The van der Waals surface area contributed by atoms with E-state index in [4.69, 9.17) is 4.74 Å². The molecule has 174 valence electrons. The van der Waals surface area contributed by atoms with Gasteiger partial charge in [-0.05, 0) is 25.3 Å². The Bertz CT molecular complexity index is 461. The number of allylic oxidation sites excluding steroid dienone is 1. The Morgan fingerprint density at radius 3 is 1.73 bits per heavy atom. The average Bonchev–Trinajstić information content (AvgIpc) is 3.18. The van der Waals surface area contributed by atoms with E-state index in [1.54, 1.807) is 0 Å². The number of rotatable bonds is 20. The zero-order valence-electron chi connectivity index (χ0n) is 19.6. The maximum Gasteiger partial charge on any atom is 0.333 e. The number of carbonyl (C=O) groups excluding carboxylic acids is 2. The van der Waals surface area contributed by atoms with Gasteiger partial charge in [-0.15, -0.1) is 0 Å². The van der Waals surface area contributed by atoms with Crippen molar-refractivity contribution in [1.29, 1.82) is 0 Å². The summed E-state index contributed by atoms with van der Waals surface area (Å²) >= 11 is 0. The number of amides is 1. The first-order valence-electron chi connectivity index (χ1n) is 12.9. The normalized spacial score (nSPS) is 16.3. The molecule has 1 fully saturated rings. The highest BCUT2D eigenvalue weighted by atomic mass is 16.5. The lowest BCUT2D eigenvalue weighted by molar-refractivity contribution is -0.141. The van der Waals surface area contributed by atoms with E-state index in [2.05, 4.69) is 12.2 Å². The monoisotopic (exact) mass is 421 g/mol. The van der Waals surface area contributed by atoms with Crippen LogP contribution in [0.15, 0.2) is 12.3 Å². The molecule has 4 nitrogen and oxygen atoms in total. The van der Waals surface area contributed by atoms with Crippen LogP contribution >= 0.6 is 0 Å². The first-order chi connectivity index (χ1) is 14.7. The molecule has 0 spiro atoms. The molecule has 1 amide bonds. The van der Waals surface area contributed by atoms with Crippen molar-refractivity contribution in [2.75, 3.05) is 0 Å². The molecule has 1 atom stereocenters. The fourth-order valence-electron chi connectivity index (χ4n) is 4.04. The Kier molecular flexibility index (Phi) is 17.5. The summed E-state index contributed by atoms with van der Waals surface area (Å²) in [6.45, 7) is 2.28. The molecule has 0 unspecified atom stereocenters. The van der Waals surface area contributed by atoms with Gasteiger partial charge in [-0.2, -0.15) is 0 Å². The van der Waals surface area contributed by atoms with Crippen LogP contribution in [0.2, 0.25) is 0 Å². The maximum absolute atomic E-state index is 11.7. The van der Waals surface area contributed by atoms with E-state index in [1.807, 2.05) is 6.08 Å². The van der Waals surface area contributed by atoms with Gasteiger partial charge in [0, 0.05) is 6.42 Å². The van der Waals surface area contributed by atoms with Gasteiger partial charge in [0.15, 0.2) is 0 Å². The number of ether oxygens (including phenoxy) is 1. The molecule has 0 aromatic rings. The summed E-state index contributed by atoms with van der Waals surface area (Å²) in [5.41, 5.74) is 0. The predicted molar refractivity (Wildman–Crippen MR) is 125 cm³/mol. The molecule has 0 radical (unpaired) electrons. The molecule has 0 saturated carbocycles. The SMILES string of the molecule is CCCCCCCCCCCCCCCCCCC/C=C/OC(=O)[C@@H]1CCC(=O)N1. The molecule has 1 N–H and O–H groups in total. The minimum atomic E-state index is -0.456. The van der Waals surface area contributed by atoms with Gasteiger partial charge in [0.2, 0.25) is 5.91 Å². The quantitative estimate of drug-likeness (QED) is 0.127. The summed E-state index contributed by atoms with van der Waals surface area (Å²) < 4.78 is 5.07. The number of nitrogens with one attached hydrogen (secondary N) is 1. The van der Waals surface area contributed by atoms with Gasteiger partial charge >= 0.3 is 5.97 Å². The molecule has 1 heterocycles. The van der Waals surface area contributed by atoms with E-state index in [1.165, 1.54) is 109 Å². The van der Waals surface area contributed by atoms with Crippen molar-refractivity contribution in [2.24, 2.45) is 0 Å². The molecule has 1 rings (SSSR count). The van der Waals surface area contributed by atoms with Crippen molar-refractivity contribution in [2.45, 2.75) is 141 Å². The fourth-order valence-corrected chi connectivity index (χ4v) is 4.04. The van der Waals surface area contributed by atoms with Gasteiger partial charge in [-0.3, -0.25) is 4.79 Å². The van der Waals surface area contributed by atoms with Crippen molar-refractivity contribution < 1.29 is 14.3 Å². The third kappa shape index (κ3) is 15.5. The maximum atomic E-state index is 11.7. The summed E-state index contributed by atoms with van der Waals surface area (Å²) in [6.07, 6.45) is 28.8. The number of hydrogen-bond donors (Lipinski definition) is 1. The summed E-state index contributed by atoms with van der Waals surface area (Å²) in [4.78, 5) is 22.8. The van der Waals surface area contributed by atoms with Crippen molar-refractivity contribution >= 4 is 11.9 Å². The van der Waals surface area contributed by atoms with Gasteiger partial charge in [0.05, 0.1) is 6.26 Å². The predicted octanol–water partition coefficient (Wildman–Crippen LogP) is 7.36. The lowest BCUT2D eigenvalue weighted by Gasteiger charge is -2.06. The summed E-state index contributed by atoms with van der Waals surface area (Å²) in [7, 11) is 0. The van der Waals surface area contributed by atoms with Gasteiger partial charge < -0.3 is 10.1 Å². The number of unbranched alkanes of at least 4 members (excludes halogenated alkanes) is 17. The van der Waals surface area contributed by atoms with Crippen LogP contribution in [0.1, 0.15) is 135 Å². The van der Waals surface area contributed by atoms with Crippen LogP contribution in [0.3, 0.4) is 0 Å². The summed E-state index contributed by atoms with van der Waals surface area (Å²) in [6, 6.07) is -0.456. The van der Waals surface area contributed by atoms with Crippen molar-refractivity contribution in [1.82, 2.24) is 5.32 Å². The second-order valence-corrected chi connectivity index (χ2v) is 8.91. The van der Waals surface area contributed by atoms with Crippen molar-refractivity contribution in [3.8, 4) is 0 Å². The molecule has 1 aliphatic rings. The fraction of sp³-hybridized carbons (Fsp3) is 0.846. The lowest BCUT2D eigenvalue weighted by atomic mass is 10.0. The van der Waals surface area contributed by atoms with E-state index in [0.29, 0.717) is 12.8 Å². The smallest absolute Gasteiger partial charge is 0.333 e. The van der Waals surface area contributed by atoms with Crippen LogP contribution in [-0.4, -0.2) is 17.9 Å². The summed E-state index contributed by atoms with van der Waals surface area (Å²) in [5, 5.41) is 2.62. The largest absolute Gasteiger partial charge is 0.433 e. The lowest BCUT2D eigenvalue weighted by Crippen LogP contribution is -2.33. The molecule has 1 saturated heterocycles. The standard InChI is InChI=1S/C26H47NO3/c1-2-3-4-5-6-7-8-9-10-11-12-13-14-15-16-17-18-19-20-23-30-26(29)24-21-22-25(28)27-24/h20,23-24H,2-19,21-22H2,1H3,(H,27,28)/b23-20+/t24-/m0/s1. The van der Waals surface area contributed by atoms with Gasteiger partial charge in [0.25, 0.3) is 0 Å². The van der Waals surface area contributed by atoms with E-state index >= 15 is 0 Å². The first-order valence-corrected chi connectivity index (χ1v) is 12.9. The van der Waals surface area contributed by atoms with E-state index in [0.717, 1.165) is 12.8 Å². The van der Waals surface area contributed by atoms with Gasteiger partial charge in [0.1, 0.15) is 6.04 Å². The molecular weight excluding hydrogens is 374 g/mol. The average molecular weight is 422 g/mol. The van der Waals surface area contributed by atoms with E-state index in [-0.39, 0.29) is 11.9 Å². The zero-order chi connectivity index (χ0) is 21.7. The molecule has 0 aliphatic carbocycles. The van der Waals surface area contributed by atoms with E-state index < -0.39 is 6.04 Å². The highest BCUT2D eigenvalue weighted by Crippen LogP contribution is 2.14. The topological polar surface area (TPSA) is 55.4 Å². The zero-order valence-corrected chi connectivity index (χ0v) is 19.6. The minimum absolute atomic E-state index is 0.0653. The number of hydrogen-bond acceptors (Lipinski definition) is 3. The van der Waals surface area contributed by atoms with E-state index in [9.17, 15) is 9.59 Å². The highest BCUT2D eigenvalue weighted by Gasteiger charge is 2.27. The number of esters is 1. The Hall–Kier alpha value is -1.32. The van der Waals surface area contributed by atoms with Crippen LogP contribution in [0, 0.1) is 0 Å². The third-order valence-corrected chi connectivity index (χ3v) is 6.03. The molecule has 0 aromatic carbocycles. The van der Waals surface area contributed by atoms with Crippen LogP contribution < -0.4 is 5.32 Å². The Morgan fingerprint density at radius 1 is 0.833 bits per heavy atom. The molecule has 0 bridgehead atoms. The van der Waals surface area contributed by atoms with Gasteiger partial charge in [-0.25, -0.2) is 4.79 Å². The second kappa shape index (κ2) is 19.6. The Morgan fingerprint density at radius 2 is 1.30 bits per heavy atom. The second-order valence-electron chi connectivity index (χ2n) is 8.91. The van der Waals surface area contributed by atoms with Crippen LogP contribution in [0.25, 0.3) is 0 Å². The Labute approximate surface area is 185 Å².